The second-order valence-corrected chi connectivity index (χ2v) is 6.45. The zero-order valence-electron chi connectivity index (χ0n) is 13.2. The van der Waals surface area contributed by atoms with E-state index in [1.54, 1.807) is 6.20 Å². The highest BCUT2D eigenvalue weighted by atomic mass is 32.1. The van der Waals surface area contributed by atoms with Crippen molar-refractivity contribution < 1.29 is 9.53 Å². The SMILES string of the molecule is CCCc1nnsc1C(=O)Nc1cnn(C[C@H]2CCCCO2)c1. The van der Waals surface area contributed by atoms with Gasteiger partial charge in [0.1, 0.15) is 4.88 Å². The Morgan fingerprint density at radius 3 is 3.22 bits per heavy atom. The first-order valence-electron chi connectivity index (χ1n) is 8.03. The van der Waals surface area contributed by atoms with E-state index in [0.717, 1.165) is 56.1 Å². The Hall–Kier alpha value is -1.80. The van der Waals surface area contributed by atoms with E-state index in [4.69, 9.17) is 4.74 Å². The van der Waals surface area contributed by atoms with Crippen LogP contribution in [0.2, 0.25) is 0 Å². The summed E-state index contributed by atoms with van der Waals surface area (Å²) in [6.07, 6.45) is 8.82. The lowest BCUT2D eigenvalue weighted by atomic mass is 10.1. The van der Waals surface area contributed by atoms with Gasteiger partial charge in [-0.15, -0.1) is 5.10 Å². The number of anilines is 1. The molecule has 0 saturated carbocycles. The highest BCUT2D eigenvalue weighted by Crippen LogP contribution is 2.17. The molecule has 0 aromatic carbocycles. The molecule has 7 nitrogen and oxygen atoms in total. The van der Waals surface area contributed by atoms with Gasteiger partial charge in [0.25, 0.3) is 5.91 Å². The van der Waals surface area contributed by atoms with E-state index in [0.29, 0.717) is 10.6 Å². The van der Waals surface area contributed by atoms with Crippen LogP contribution in [0.5, 0.6) is 0 Å². The fraction of sp³-hybridized carbons (Fsp3) is 0.600. The summed E-state index contributed by atoms with van der Waals surface area (Å²) in [6, 6.07) is 0. The number of carbonyl (C=O) groups excluding carboxylic acids is 1. The molecule has 0 spiro atoms. The van der Waals surface area contributed by atoms with Gasteiger partial charge in [-0.2, -0.15) is 5.10 Å². The van der Waals surface area contributed by atoms with Gasteiger partial charge in [-0.1, -0.05) is 17.8 Å². The van der Waals surface area contributed by atoms with Gasteiger partial charge in [-0.25, -0.2) is 0 Å². The van der Waals surface area contributed by atoms with Crippen LogP contribution in [-0.4, -0.2) is 38.0 Å². The smallest absolute Gasteiger partial charge is 0.269 e. The summed E-state index contributed by atoms with van der Waals surface area (Å²) in [5.74, 6) is -0.170. The lowest BCUT2D eigenvalue weighted by Gasteiger charge is -2.22. The fourth-order valence-electron chi connectivity index (χ4n) is 2.66. The van der Waals surface area contributed by atoms with E-state index >= 15 is 0 Å². The predicted molar refractivity (Wildman–Crippen MR) is 87.7 cm³/mol. The van der Waals surface area contributed by atoms with E-state index in [1.807, 2.05) is 10.9 Å². The maximum atomic E-state index is 12.3. The quantitative estimate of drug-likeness (QED) is 0.877. The Labute approximate surface area is 139 Å². The second kappa shape index (κ2) is 7.65. The van der Waals surface area contributed by atoms with Crippen LogP contribution in [0.1, 0.15) is 48.0 Å². The third-order valence-corrected chi connectivity index (χ3v) is 4.57. The normalized spacial score (nSPS) is 18.0. The monoisotopic (exact) mass is 335 g/mol. The van der Waals surface area contributed by atoms with Crippen LogP contribution in [0.25, 0.3) is 0 Å². The van der Waals surface area contributed by atoms with Crippen molar-refractivity contribution >= 4 is 23.1 Å². The van der Waals surface area contributed by atoms with Crippen molar-refractivity contribution in [2.45, 2.75) is 51.7 Å². The summed E-state index contributed by atoms with van der Waals surface area (Å²) < 4.78 is 11.4. The van der Waals surface area contributed by atoms with E-state index < -0.39 is 0 Å². The van der Waals surface area contributed by atoms with Crippen molar-refractivity contribution in [1.82, 2.24) is 19.4 Å². The highest BCUT2D eigenvalue weighted by Gasteiger charge is 2.18. The molecule has 3 heterocycles. The van der Waals surface area contributed by atoms with Gasteiger partial charge in [0.05, 0.1) is 30.2 Å². The van der Waals surface area contributed by atoms with Crippen molar-refractivity contribution in [2.75, 3.05) is 11.9 Å². The molecule has 1 aliphatic heterocycles. The predicted octanol–water partition coefficient (Wildman–Crippen LogP) is 2.51. The number of hydrogen-bond acceptors (Lipinski definition) is 6. The number of rotatable bonds is 6. The molecule has 2 aromatic rings. The minimum absolute atomic E-state index is 0.170. The van der Waals surface area contributed by atoms with Gasteiger partial charge in [-0.05, 0) is 37.2 Å². The molecule has 1 amide bonds. The van der Waals surface area contributed by atoms with E-state index in [-0.39, 0.29) is 12.0 Å². The zero-order chi connectivity index (χ0) is 16.1. The van der Waals surface area contributed by atoms with Crippen LogP contribution in [0.15, 0.2) is 12.4 Å². The van der Waals surface area contributed by atoms with Gasteiger partial charge < -0.3 is 10.1 Å². The maximum absolute atomic E-state index is 12.3. The number of ether oxygens (including phenoxy) is 1. The number of nitrogens with zero attached hydrogens (tertiary/aromatic N) is 4. The minimum atomic E-state index is -0.170. The molecule has 2 aromatic heterocycles. The summed E-state index contributed by atoms with van der Waals surface area (Å²) in [6.45, 7) is 3.60. The first-order chi connectivity index (χ1) is 11.3. The van der Waals surface area contributed by atoms with Crippen molar-refractivity contribution in [3.05, 3.63) is 23.0 Å². The van der Waals surface area contributed by atoms with Crippen LogP contribution in [0, 0.1) is 0 Å². The summed E-state index contributed by atoms with van der Waals surface area (Å²) in [5.41, 5.74) is 1.44. The third kappa shape index (κ3) is 4.14. The summed E-state index contributed by atoms with van der Waals surface area (Å²) in [4.78, 5) is 12.9. The number of aromatic nitrogens is 4. The van der Waals surface area contributed by atoms with Crippen LogP contribution in [-0.2, 0) is 17.7 Å². The summed E-state index contributed by atoms with van der Waals surface area (Å²) in [5, 5.41) is 11.2. The Morgan fingerprint density at radius 2 is 2.43 bits per heavy atom. The highest BCUT2D eigenvalue weighted by molar-refractivity contribution is 7.08. The van der Waals surface area contributed by atoms with Crippen LogP contribution < -0.4 is 5.32 Å². The lowest BCUT2D eigenvalue weighted by molar-refractivity contribution is 0.00401. The Balaban J connectivity index is 1.59. The number of carbonyl (C=O) groups is 1. The average Bonchev–Trinajstić information content (AvgIpc) is 3.18. The summed E-state index contributed by atoms with van der Waals surface area (Å²) >= 11 is 1.13. The maximum Gasteiger partial charge on any atom is 0.269 e. The molecule has 8 heteroatoms. The largest absolute Gasteiger partial charge is 0.376 e. The molecule has 0 unspecified atom stereocenters. The Kier molecular flexibility index (Phi) is 5.35. The fourth-order valence-corrected chi connectivity index (χ4v) is 3.26. The third-order valence-electron chi connectivity index (χ3n) is 3.80. The second-order valence-electron chi connectivity index (χ2n) is 5.69. The molecule has 124 valence electrons. The van der Waals surface area contributed by atoms with Crippen molar-refractivity contribution in [1.29, 1.82) is 0 Å². The van der Waals surface area contributed by atoms with Gasteiger partial charge in [0.15, 0.2) is 0 Å². The van der Waals surface area contributed by atoms with E-state index in [1.165, 1.54) is 6.42 Å². The molecule has 1 N–H and O–H groups in total. The molecule has 23 heavy (non-hydrogen) atoms. The van der Waals surface area contributed by atoms with Crippen LogP contribution in [0.3, 0.4) is 0 Å². The molecule has 0 aliphatic carbocycles. The lowest BCUT2D eigenvalue weighted by Crippen LogP contribution is -2.24. The molecule has 1 aliphatic rings. The number of aryl methyl sites for hydroxylation is 1. The van der Waals surface area contributed by atoms with Gasteiger partial charge in [0, 0.05) is 12.8 Å². The average molecular weight is 335 g/mol. The Morgan fingerprint density at radius 1 is 1.52 bits per heavy atom. The van der Waals surface area contributed by atoms with Gasteiger partial charge in [-0.3, -0.25) is 9.48 Å². The molecule has 3 rings (SSSR count). The number of hydrogen-bond donors (Lipinski definition) is 1. The van der Waals surface area contributed by atoms with Crippen molar-refractivity contribution in [3.8, 4) is 0 Å². The van der Waals surface area contributed by atoms with E-state index in [9.17, 15) is 4.79 Å². The first-order valence-corrected chi connectivity index (χ1v) is 8.80. The number of amides is 1. The van der Waals surface area contributed by atoms with Gasteiger partial charge in [0.2, 0.25) is 0 Å². The standard InChI is InChI=1S/C15H21N5O2S/c1-2-5-13-14(23-19-18-13)15(21)17-11-8-16-20(9-11)10-12-6-3-4-7-22-12/h8-9,12H,2-7,10H2,1H3,(H,17,21)/t12-/m1/s1. The molecule has 1 fully saturated rings. The molecule has 0 bridgehead atoms. The van der Waals surface area contributed by atoms with Crippen LogP contribution >= 0.6 is 11.5 Å². The van der Waals surface area contributed by atoms with Gasteiger partial charge >= 0.3 is 0 Å². The van der Waals surface area contributed by atoms with Crippen LogP contribution in [0.4, 0.5) is 5.69 Å². The molecular formula is C15H21N5O2S. The van der Waals surface area contributed by atoms with Crippen molar-refractivity contribution in [2.24, 2.45) is 0 Å². The molecule has 0 radical (unpaired) electrons. The zero-order valence-corrected chi connectivity index (χ0v) is 14.0. The van der Waals surface area contributed by atoms with E-state index in [2.05, 4.69) is 26.9 Å². The first kappa shape index (κ1) is 16.1. The number of nitrogens with one attached hydrogen (secondary N) is 1. The summed E-state index contributed by atoms with van der Waals surface area (Å²) in [7, 11) is 0. The molecule has 1 atom stereocenters. The topological polar surface area (TPSA) is 81.9 Å². The molecular weight excluding hydrogens is 314 g/mol. The molecule has 1 saturated heterocycles. The Bertz CT molecular complexity index is 648. The van der Waals surface area contributed by atoms with Crippen molar-refractivity contribution in [3.63, 3.8) is 0 Å². The minimum Gasteiger partial charge on any atom is -0.376 e.